The van der Waals surface area contributed by atoms with Crippen LogP contribution in [0.1, 0.15) is 27.2 Å². The largest absolute Gasteiger partial charge is 0.348 e. The third kappa shape index (κ3) is 4.23. The van der Waals surface area contributed by atoms with Crippen molar-refractivity contribution < 1.29 is 9.18 Å². The van der Waals surface area contributed by atoms with Crippen molar-refractivity contribution in [2.75, 3.05) is 0 Å². The normalized spacial score (nSPS) is 10.8. The van der Waals surface area contributed by atoms with Crippen molar-refractivity contribution in [2.24, 2.45) is 0 Å². The Hall–Kier alpha value is -2.37. The molecule has 1 amide bonds. The van der Waals surface area contributed by atoms with Crippen molar-refractivity contribution in [1.82, 2.24) is 15.1 Å². The average Bonchev–Trinajstić information content (AvgIpc) is 2.90. The summed E-state index contributed by atoms with van der Waals surface area (Å²) in [6.07, 6.45) is 0. The van der Waals surface area contributed by atoms with E-state index < -0.39 is 0 Å². The van der Waals surface area contributed by atoms with Gasteiger partial charge in [-0.05, 0) is 42.3 Å². The van der Waals surface area contributed by atoms with E-state index >= 15 is 0 Å². The van der Waals surface area contributed by atoms with Crippen molar-refractivity contribution in [3.63, 3.8) is 0 Å². The average molecular weight is 392 g/mol. The number of benzene rings is 2. The number of carbonyl (C=O) groups excluding carboxylic acids is 1. The lowest BCUT2D eigenvalue weighted by Crippen LogP contribution is -2.23. The number of aryl methyl sites for hydroxylation is 1. The molecule has 1 aromatic heterocycles. The van der Waals surface area contributed by atoms with E-state index in [2.05, 4.69) is 10.4 Å². The maximum Gasteiger partial charge on any atom is 0.256 e. The number of halogens is 3. The molecule has 0 fully saturated rings. The first-order valence-electron chi connectivity index (χ1n) is 7.94. The van der Waals surface area contributed by atoms with E-state index in [-0.39, 0.29) is 16.9 Å². The molecule has 134 valence electrons. The van der Waals surface area contributed by atoms with Crippen LogP contribution in [0.25, 0.3) is 0 Å². The smallest absolute Gasteiger partial charge is 0.256 e. The lowest BCUT2D eigenvalue weighted by Gasteiger charge is -2.06. The molecule has 0 aliphatic carbocycles. The maximum atomic E-state index is 13.0. The topological polar surface area (TPSA) is 46.9 Å². The second-order valence-electron chi connectivity index (χ2n) is 5.84. The second-order valence-corrected chi connectivity index (χ2v) is 6.64. The highest BCUT2D eigenvalue weighted by atomic mass is 35.5. The zero-order chi connectivity index (χ0) is 18.7. The van der Waals surface area contributed by atoms with Crippen molar-refractivity contribution in [3.05, 3.63) is 86.9 Å². The summed E-state index contributed by atoms with van der Waals surface area (Å²) in [6, 6.07) is 13.3. The molecule has 7 heteroatoms. The summed E-state index contributed by atoms with van der Waals surface area (Å²) in [5, 5.41) is 8.05. The molecular formula is C19H16Cl2FN3O. The molecular weight excluding hydrogens is 376 g/mol. The molecule has 0 spiro atoms. The summed E-state index contributed by atoms with van der Waals surface area (Å²) in [5.41, 5.74) is 2.63. The van der Waals surface area contributed by atoms with Crippen LogP contribution in [0.2, 0.25) is 10.2 Å². The number of nitrogens with one attached hydrogen (secondary N) is 1. The van der Waals surface area contributed by atoms with Crippen molar-refractivity contribution in [1.29, 1.82) is 0 Å². The van der Waals surface area contributed by atoms with Crippen molar-refractivity contribution in [3.8, 4) is 0 Å². The Morgan fingerprint density at radius 3 is 2.35 bits per heavy atom. The lowest BCUT2D eigenvalue weighted by atomic mass is 10.2. The Labute approximate surface area is 160 Å². The van der Waals surface area contributed by atoms with Crippen LogP contribution < -0.4 is 5.32 Å². The van der Waals surface area contributed by atoms with Gasteiger partial charge in [0.15, 0.2) is 0 Å². The van der Waals surface area contributed by atoms with Gasteiger partial charge < -0.3 is 5.32 Å². The highest BCUT2D eigenvalue weighted by Gasteiger charge is 2.20. The minimum Gasteiger partial charge on any atom is -0.348 e. The van der Waals surface area contributed by atoms with E-state index in [4.69, 9.17) is 23.2 Å². The summed E-state index contributed by atoms with van der Waals surface area (Å²) < 4.78 is 14.5. The summed E-state index contributed by atoms with van der Waals surface area (Å²) in [6.45, 7) is 2.43. The standard InChI is InChI=1S/C19H16Cl2FN3O/c1-12-17(19(26)23-10-13-2-6-15(20)7-3-13)18(21)25(24-12)11-14-4-8-16(22)9-5-14/h2-9H,10-11H2,1H3,(H,23,26). The number of aromatic nitrogens is 2. The number of hydrogen-bond donors (Lipinski definition) is 1. The quantitative estimate of drug-likeness (QED) is 0.689. The molecule has 1 heterocycles. The molecule has 0 bridgehead atoms. The predicted molar refractivity (Wildman–Crippen MR) is 100 cm³/mol. The fourth-order valence-corrected chi connectivity index (χ4v) is 3.00. The molecule has 4 nitrogen and oxygen atoms in total. The monoisotopic (exact) mass is 391 g/mol. The Balaban J connectivity index is 1.73. The van der Waals surface area contributed by atoms with Crippen LogP contribution in [0.4, 0.5) is 4.39 Å². The third-order valence-electron chi connectivity index (χ3n) is 3.90. The van der Waals surface area contributed by atoms with Gasteiger partial charge in [-0.2, -0.15) is 5.10 Å². The number of hydrogen-bond acceptors (Lipinski definition) is 2. The molecule has 1 N–H and O–H groups in total. The fourth-order valence-electron chi connectivity index (χ4n) is 2.55. The second kappa shape index (κ2) is 7.89. The van der Waals surface area contributed by atoms with Crippen molar-refractivity contribution in [2.45, 2.75) is 20.0 Å². The molecule has 0 radical (unpaired) electrons. The Morgan fingerprint density at radius 2 is 1.69 bits per heavy atom. The van der Waals surface area contributed by atoms with Crippen molar-refractivity contribution >= 4 is 29.1 Å². The van der Waals surface area contributed by atoms with Crippen LogP contribution in [0.5, 0.6) is 0 Å². The van der Waals surface area contributed by atoms with Gasteiger partial charge in [-0.15, -0.1) is 0 Å². The Kier molecular flexibility index (Phi) is 5.59. The van der Waals surface area contributed by atoms with Gasteiger partial charge >= 0.3 is 0 Å². The lowest BCUT2D eigenvalue weighted by molar-refractivity contribution is 0.0950. The highest BCUT2D eigenvalue weighted by Crippen LogP contribution is 2.21. The molecule has 3 rings (SSSR count). The molecule has 0 atom stereocenters. The molecule has 2 aromatic carbocycles. The molecule has 26 heavy (non-hydrogen) atoms. The Bertz CT molecular complexity index is 921. The minimum absolute atomic E-state index is 0.250. The molecule has 0 aliphatic rings. The van der Waals surface area contributed by atoms with Gasteiger partial charge in [-0.1, -0.05) is 47.5 Å². The first-order valence-corrected chi connectivity index (χ1v) is 8.69. The maximum absolute atomic E-state index is 13.0. The van der Waals surface area contributed by atoms with Gasteiger partial charge in [-0.25, -0.2) is 9.07 Å². The molecule has 0 aliphatic heterocycles. The zero-order valence-corrected chi connectivity index (χ0v) is 15.5. The van der Waals surface area contributed by atoms with E-state index in [0.29, 0.717) is 29.4 Å². The molecule has 0 unspecified atom stereocenters. The van der Waals surface area contributed by atoms with Crippen LogP contribution >= 0.6 is 23.2 Å². The van der Waals surface area contributed by atoms with Gasteiger partial charge in [0.1, 0.15) is 11.0 Å². The first kappa shape index (κ1) is 18.4. The van der Waals surface area contributed by atoms with Crippen LogP contribution in [-0.2, 0) is 13.1 Å². The van der Waals surface area contributed by atoms with Crippen LogP contribution in [0.3, 0.4) is 0 Å². The number of rotatable bonds is 5. The van der Waals surface area contributed by atoms with Gasteiger partial charge in [-0.3, -0.25) is 4.79 Å². The van der Waals surface area contributed by atoms with Crippen LogP contribution in [0.15, 0.2) is 48.5 Å². The van der Waals surface area contributed by atoms with Crippen LogP contribution in [-0.4, -0.2) is 15.7 Å². The zero-order valence-electron chi connectivity index (χ0n) is 14.0. The first-order chi connectivity index (χ1) is 12.4. The van der Waals surface area contributed by atoms with E-state index in [0.717, 1.165) is 11.1 Å². The number of amides is 1. The third-order valence-corrected chi connectivity index (χ3v) is 4.54. The molecule has 0 saturated heterocycles. The van der Waals surface area contributed by atoms with E-state index in [1.165, 1.54) is 16.8 Å². The fraction of sp³-hybridized carbons (Fsp3) is 0.158. The van der Waals surface area contributed by atoms with Gasteiger partial charge in [0.2, 0.25) is 0 Å². The SMILES string of the molecule is Cc1nn(Cc2ccc(F)cc2)c(Cl)c1C(=O)NCc1ccc(Cl)cc1. The number of carbonyl (C=O) groups is 1. The summed E-state index contributed by atoms with van der Waals surface area (Å²) in [4.78, 5) is 12.5. The van der Waals surface area contributed by atoms with Gasteiger partial charge in [0.05, 0.1) is 17.8 Å². The van der Waals surface area contributed by atoms with E-state index in [1.54, 1.807) is 31.2 Å². The summed E-state index contributed by atoms with van der Waals surface area (Å²) in [7, 11) is 0. The molecule has 3 aromatic rings. The number of nitrogens with zero attached hydrogens (tertiary/aromatic N) is 2. The van der Waals surface area contributed by atoms with Gasteiger partial charge in [0, 0.05) is 11.6 Å². The van der Waals surface area contributed by atoms with E-state index in [9.17, 15) is 9.18 Å². The van der Waals surface area contributed by atoms with E-state index in [1.807, 2.05) is 12.1 Å². The summed E-state index contributed by atoms with van der Waals surface area (Å²) in [5.74, 6) is -0.605. The minimum atomic E-state index is -0.307. The summed E-state index contributed by atoms with van der Waals surface area (Å²) >= 11 is 12.2. The highest BCUT2D eigenvalue weighted by molar-refractivity contribution is 6.33. The Morgan fingerprint density at radius 1 is 1.08 bits per heavy atom. The predicted octanol–water partition coefficient (Wildman–Crippen LogP) is 4.62. The van der Waals surface area contributed by atoms with Crippen LogP contribution in [0, 0.1) is 12.7 Å². The van der Waals surface area contributed by atoms with Gasteiger partial charge in [0.25, 0.3) is 5.91 Å². The molecule has 0 saturated carbocycles.